The Labute approximate surface area is 97.8 Å². The Kier molecular flexibility index (Phi) is 5.77. The Morgan fingerprint density at radius 3 is 2.69 bits per heavy atom. The van der Waals surface area contributed by atoms with E-state index in [1.54, 1.807) is 0 Å². The van der Waals surface area contributed by atoms with E-state index in [1.165, 1.54) is 25.7 Å². The van der Waals surface area contributed by atoms with Crippen LogP contribution in [0, 0.1) is 5.92 Å². The van der Waals surface area contributed by atoms with Gasteiger partial charge in [-0.05, 0) is 31.8 Å². The lowest BCUT2D eigenvalue weighted by Crippen LogP contribution is -2.45. The van der Waals surface area contributed by atoms with Gasteiger partial charge in [-0.1, -0.05) is 19.8 Å². The van der Waals surface area contributed by atoms with E-state index in [-0.39, 0.29) is 6.42 Å². The Hall–Kier alpha value is -0.610. The van der Waals surface area contributed by atoms with Gasteiger partial charge in [-0.3, -0.25) is 9.69 Å². The molecule has 2 unspecified atom stereocenters. The van der Waals surface area contributed by atoms with Crippen LogP contribution in [0.1, 0.15) is 39.0 Å². The average molecular weight is 228 g/mol. The van der Waals surface area contributed by atoms with Crippen molar-refractivity contribution in [2.45, 2.75) is 45.1 Å². The molecule has 1 saturated carbocycles. The molecule has 0 aliphatic heterocycles. The van der Waals surface area contributed by atoms with E-state index in [1.807, 2.05) is 0 Å². The van der Waals surface area contributed by atoms with Crippen molar-refractivity contribution >= 4 is 5.97 Å². The molecule has 1 fully saturated rings. The summed E-state index contributed by atoms with van der Waals surface area (Å²) in [6.45, 7) is 4.42. The zero-order valence-electron chi connectivity index (χ0n) is 10.2. The molecule has 16 heavy (non-hydrogen) atoms. The average Bonchev–Trinajstić information content (AvgIpc) is 2.30. The number of nitrogens with two attached hydrogens (primary N) is 1. The van der Waals surface area contributed by atoms with E-state index in [0.29, 0.717) is 18.5 Å². The first-order valence-electron chi connectivity index (χ1n) is 6.35. The third-order valence-electron chi connectivity index (χ3n) is 3.66. The molecule has 94 valence electrons. The second-order valence-electron chi connectivity index (χ2n) is 4.62. The van der Waals surface area contributed by atoms with Crippen LogP contribution in [0.25, 0.3) is 0 Å². The standard InChI is InChI=1S/C12H24N2O2/c1-2-14(8-7-12(15)16)11-6-4-3-5-10(11)9-13/h10-11H,2-9,13H2,1H3,(H,15,16). The topological polar surface area (TPSA) is 66.6 Å². The van der Waals surface area contributed by atoms with E-state index in [2.05, 4.69) is 11.8 Å². The summed E-state index contributed by atoms with van der Waals surface area (Å²) in [5, 5.41) is 8.73. The summed E-state index contributed by atoms with van der Waals surface area (Å²) in [6, 6.07) is 0.503. The second-order valence-corrected chi connectivity index (χ2v) is 4.62. The van der Waals surface area contributed by atoms with Gasteiger partial charge in [-0.25, -0.2) is 0 Å². The van der Waals surface area contributed by atoms with Crippen molar-refractivity contribution in [3.63, 3.8) is 0 Å². The number of hydrogen-bond acceptors (Lipinski definition) is 3. The van der Waals surface area contributed by atoms with Crippen LogP contribution < -0.4 is 5.73 Å². The molecule has 0 saturated heterocycles. The summed E-state index contributed by atoms with van der Waals surface area (Å²) in [6.07, 6.45) is 5.14. The van der Waals surface area contributed by atoms with Crippen LogP contribution in [0.2, 0.25) is 0 Å². The first-order valence-corrected chi connectivity index (χ1v) is 6.35. The van der Waals surface area contributed by atoms with Crippen LogP contribution in [0.4, 0.5) is 0 Å². The quantitative estimate of drug-likeness (QED) is 0.719. The van der Waals surface area contributed by atoms with Crippen LogP contribution in [0.15, 0.2) is 0 Å². The molecule has 0 amide bonds. The summed E-state index contributed by atoms with van der Waals surface area (Å²) in [7, 11) is 0. The number of carboxylic acids is 1. The van der Waals surface area contributed by atoms with Crippen molar-refractivity contribution in [1.82, 2.24) is 4.90 Å². The van der Waals surface area contributed by atoms with E-state index in [4.69, 9.17) is 10.8 Å². The van der Waals surface area contributed by atoms with Crippen molar-refractivity contribution in [3.05, 3.63) is 0 Å². The summed E-state index contributed by atoms with van der Waals surface area (Å²) >= 11 is 0. The van der Waals surface area contributed by atoms with Gasteiger partial charge in [0.25, 0.3) is 0 Å². The molecular weight excluding hydrogens is 204 g/mol. The SMILES string of the molecule is CCN(CCC(=O)O)C1CCCCC1CN. The van der Waals surface area contributed by atoms with Crippen LogP contribution >= 0.6 is 0 Å². The van der Waals surface area contributed by atoms with Gasteiger partial charge in [0.2, 0.25) is 0 Å². The maximum Gasteiger partial charge on any atom is 0.304 e. The summed E-state index contributed by atoms with van der Waals surface area (Å²) in [4.78, 5) is 12.9. The normalized spacial score (nSPS) is 25.9. The summed E-state index contributed by atoms with van der Waals surface area (Å²) in [5.74, 6) is -0.152. The third kappa shape index (κ3) is 3.76. The highest BCUT2D eigenvalue weighted by Gasteiger charge is 2.28. The number of hydrogen-bond donors (Lipinski definition) is 2. The van der Waals surface area contributed by atoms with Crippen LogP contribution in [-0.4, -0.2) is 41.7 Å². The van der Waals surface area contributed by atoms with Gasteiger partial charge in [-0.15, -0.1) is 0 Å². The molecule has 2 atom stereocenters. The first-order chi connectivity index (χ1) is 7.69. The molecule has 1 aliphatic carbocycles. The minimum absolute atomic E-state index is 0.238. The van der Waals surface area contributed by atoms with E-state index < -0.39 is 5.97 Å². The van der Waals surface area contributed by atoms with Crippen molar-refractivity contribution in [2.75, 3.05) is 19.6 Å². The van der Waals surface area contributed by atoms with Gasteiger partial charge in [-0.2, -0.15) is 0 Å². The first kappa shape index (κ1) is 13.5. The number of carboxylic acid groups (broad SMARTS) is 1. The maximum atomic E-state index is 10.6. The number of carbonyl (C=O) groups is 1. The molecule has 0 aromatic rings. The molecule has 3 N–H and O–H groups in total. The zero-order chi connectivity index (χ0) is 12.0. The lowest BCUT2D eigenvalue weighted by atomic mass is 9.83. The smallest absolute Gasteiger partial charge is 0.304 e. The highest BCUT2D eigenvalue weighted by Crippen LogP contribution is 2.27. The molecule has 1 aliphatic rings. The largest absolute Gasteiger partial charge is 0.481 e. The molecule has 0 bridgehead atoms. The van der Waals surface area contributed by atoms with Crippen LogP contribution in [0.5, 0.6) is 0 Å². The number of nitrogens with zero attached hydrogens (tertiary/aromatic N) is 1. The molecule has 0 aromatic heterocycles. The van der Waals surface area contributed by atoms with Gasteiger partial charge in [0.1, 0.15) is 0 Å². The fourth-order valence-electron chi connectivity index (χ4n) is 2.74. The molecular formula is C12H24N2O2. The van der Waals surface area contributed by atoms with E-state index in [0.717, 1.165) is 13.1 Å². The van der Waals surface area contributed by atoms with Gasteiger partial charge in [0.05, 0.1) is 6.42 Å². The lowest BCUT2D eigenvalue weighted by molar-refractivity contribution is -0.137. The van der Waals surface area contributed by atoms with Crippen molar-refractivity contribution in [3.8, 4) is 0 Å². The van der Waals surface area contributed by atoms with Crippen LogP contribution in [0.3, 0.4) is 0 Å². The fraction of sp³-hybridized carbons (Fsp3) is 0.917. The van der Waals surface area contributed by atoms with Gasteiger partial charge in [0, 0.05) is 12.6 Å². The third-order valence-corrected chi connectivity index (χ3v) is 3.66. The number of aliphatic carboxylic acids is 1. The maximum absolute atomic E-state index is 10.6. The molecule has 4 nitrogen and oxygen atoms in total. The molecule has 0 heterocycles. The van der Waals surface area contributed by atoms with Crippen LogP contribution in [-0.2, 0) is 4.79 Å². The summed E-state index contributed by atoms with van der Waals surface area (Å²) < 4.78 is 0. The van der Waals surface area contributed by atoms with Gasteiger partial charge < -0.3 is 10.8 Å². The molecule has 4 heteroatoms. The molecule has 1 rings (SSSR count). The summed E-state index contributed by atoms with van der Waals surface area (Å²) in [5.41, 5.74) is 5.80. The van der Waals surface area contributed by atoms with E-state index >= 15 is 0 Å². The lowest BCUT2D eigenvalue weighted by Gasteiger charge is -2.39. The van der Waals surface area contributed by atoms with Gasteiger partial charge >= 0.3 is 5.97 Å². The monoisotopic (exact) mass is 228 g/mol. The predicted molar refractivity (Wildman–Crippen MR) is 64.3 cm³/mol. The highest BCUT2D eigenvalue weighted by molar-refractivity contribution is 5.66. The van der Waals surface area contributed by atoms with Crippen molar-refractivity contribution in [1.29, 1.82) is 0 Å². The Morgan fingerprint density at radius 2 is 2.12 bits per heavy atom. The Balaban J connectivity index is 2.51. The highest BCUT2D eigenvalue weighted by atomic mass is 16.4. The van der Waals surface area contributed by atoms with Crippen molar-refractivity contribution < 1.29 is 9.90 Å². The van der Waals surface area contributed by atoms with Crippen molar-refractivity contribution in [2.24, 2.45) is 11.7 Å². The Morgan fingerprint density at radius 1 is 1.44 bits per heavy atom. The Bertz CT molecular complexity index is 221. The minimum Gasteiger partial charge on any atom is -0.481 e. The number of rotatable bonds is 6. The molecule has 0 radical (unpaired) electrons. The zero-order valence-corrected chi connectivity index (χ0v) is 10.2. The van der Waals surface area contributed by atoms with E-state index in [9.17, 15) is 4.79 Å². The fourth-order valence-corrected chi connectivity index (χ4v) is 2.74. The molecule has 0 spiro atoms. The predicted octanol–water partition coefficient (Wildman–Crippen LogP) is 1.30. The second kappa shape index (κ2) is 6.86. The molecule has 0 aromatic carbocycles. The minimum atomic E-state index is -0.710. The van der Waals surface area contributed by atoms with Gasteiger partial charge in [0.15, 0.2) is 0 Å².